The third-order valence-corrected chi connectivity index (χ3v) is 3.66. The summed E-state index contributed by atoms with van der Waals surface area (Å²) in [5.74, 6) is 0. The number of nitrogens with zero attached hydrogens (tertiary/aromatic N) is 2. The molecule has 0 saturated carbocycles. The third-order valence-electron chi connectivity index (χ3n) is 3.66. The molecule has 0 aliphatic carbocycles. The zero-order valence-corrected chi connectivity index (χ0v) is 13.4. The molecule has 5 nitrogen and oxygen atoms in total. The van der Waals surface area contributed by atoms with Crippen LogP contribution in [0.1, 0.15) is 12.0 Å². The summed E-state index contributed by atoms with van der Waals surface area (Å²) in [7, 11) is 0. The van der Waals surface area contributed by atoms with Crippen molar-refractivity contribution in [2.75, 3.05) is 11.9 Å². The Morgan fingerprint density at radius 3 is 2.50 bits per heavy atom. The van der Waals surface area contributed by atoms with Gasteiger partial charge in [-0.1, -0.05) is 30.3 Å². The van der Waals surface area contributed by atoms with Crippen LogP contribution in [0, 0.1) is 0 Å². The van der Waals surface area contributed by atoms with Gasteiger partial charge < -0.3 is 10.6 Å². The number of aryl methyl sites for hydroxylation is 1. The van der Waals surface area contributed by atoms with E-state index in [0.29, 0.717) is 6.54 Å². The second-order valence-corrected chi connectivity index (χ2v) is 5.47. The molecule has 0 spiro atoms. The van der Waals surface area contributed by atoms with Gasteiger partial charge in [-0.25, -0.2) is 9.48 Å². The molecule has 0 radical (unpaired) electrons. The fourth-order valence-electron chi connectivity index (χ4n) is 2.43. The Hall–Kier alpha value is -3.08. The summed E-state index contributed by atoms with van der Waals surface area (Å²) < 4.78 is 1.77. The second-order valence-electron chi connectivity index (χ2n) is 5.47. The lowest BCUT2D eigenvalue weighted by Crippen LogP contribution is -2.29. The smallest absolute Gasteiger partial charge is 0.319 e. The molecular formula is C19H20N4O. The number of aromatic nitrogens is 2. The Morgan fingerprint density at radius 1 is 1.00 bits per heavy atom. The van der Waals surface area contributed by atoms with Gasteiger partial charge in [0.05, 0.1) is 5.69 Å². The average Bonchev–Trinajstić information content (AvgIpc) is 3.15. The summed E-state index contributed by atoms with van der Waals surface area (Å²) in [6.45, 7) is 0.645. The lowest BCUT2D eigenvalue weighted by molar-refractivity contribution is 0.252. The van der Waals surface area contributed by atoms with E-state index in [1.54, 1.807) is 10.9 Å². The Bertz CT molecular complexity index is 752. The Morgan fingerprint density at radius 2 is 1.79 bits per heavy atom. The number of carbonyl (C=O) groups excluding carboxylic acids is 1. The van der Waals surface area contributed by atoms with Crippen LogP contribution in [0.3, 0.4) is 0 Å². The minimum Gasteiger partial charge on any atom is -0.338 e. The van der Waals surface area contributed by atoms with Crippen molar-refractivity contribution >= 4 is 11.7 Å². The average molecular weight is 320 g/mol. The van der Waals surface area contributed by atoms with Crippen LogP contribution < -0.4 is 10.6 Å². The Kier molecular flexibility index (Phi) is 5.24. The number of hydrogen-bond donors (Lipinski definition) is 2. The Labute approximate surface area is 141 Å². The van der Waals surface area contributed by atoms with E-state index >= 15 is 0 Å². The van der Waals surface area contributed by atoms with Gasteiger partial charge in [0.15, 0.2) is 0 Å². The summed E-state index contributed by atoms with van der Waals surface area (Å²) in [6, 6.07) is 19.5. The Balaban J connectivity index is 1.42. The van der Waals surface area contributed by atoms with Crippen LogP contribution in [-0.2, 0) is 6.42 Å². The highest BCUT2D eigenvalue weighted by molar-refractivity contribution is 5.89. The van der Waals surface area contributed by atoms with E-state index < -0.39 is 0 Å². The van der Waals surface area contributed by atoms with Crippen molar-refractivity contribution in [3.63, 3.8) is 0 Å². The summed E-state index contributed by atoms with van der Waals surface area (Å²) in [4.78, 5) is 11.9. The molecule has 0 saturated heterocycles. The molecule has 0 atom stereocenters. The number of rotatable bonds is 6. The number of amides is 2. The van der Waals surface area contributed by atoms with E-state index in [0.717, 1.165) is 24.2 Å². The largest absolute Gasteiger partial charge is 0.338 e. The molecule has 0 bridgehead atoms. The molecule has 2 aromatic carbocycles. The van der Waals surface area contributed by atoms with E-state index in [-0.39, 0.29) is 6.03 Å². The standard InChI is InChI=1S/C19H20N4O/c24-19(20-13-4-8-16-6-2-1-3-7-16)22-17-9-11-18(12-10-17)23-15-5-14-21-23/h1-3,5-7,9-12,14-15H,4,8,13H2,(H2,20,22,24). The maximum Gasteiger partial charge on any atom is 0.319 e. The van der Waals surface area contributed by atoms with E-state index in [4.69, 9.17) is 0 Å². The first-order valence-electron chi connectivity index (χ1n) is 8.00. The first kappa shape index (κ1) is 15.8. The molecular weight excluding hydrogens is 300 g/mol. The molecule has 122 valence electrons. The predicted molar refractivity (Wildman–Crippen MR) is 95.3 cm³/mol. The van der Waals surface area contributed by atoms with E-state index in [2.05, 4.69) is 27.9 Å². The predicted octanol–water partition coefficient (Wildman–Crippen LogP) is 3.63. The van der Waals surface area contributed by atoms with Crippen LogP contribution in [0.2, 0.25) is 0 Å². The highest BCUT2D eigenvalue weighted by atomic mass is 16.2. The molecule has 24 heavy (non-hydrogen) atoms. The molecule has 0 aliphatic heterocycles. The molecule has 0 unspecified atom stereocenters. The number of nitrogens with one attached hydrogen (secondary N) is 2. The van der Waals surface area contributed by atoms with Crippen LogP contribution in [0.25, 0.3) is 5.69 Å². The van der Waals surface area contributed by atoms with Crippen LogP contribution in [-0.4, -0.2) is 22.4 Å². The molecule has 1 heterocycles. The highest BCUT2D eigenvalue weighted by Crippen LogP contribution is 2.12. The van der Waals surface area contributed by atoms with E-state index in [1.807, 2.05) is 54.7 Å². The zero-order chi connectivity index (χ0) is 16.6. The van der Waals surface area contributed by atoms with Crippen molar-refractivity contribution in [3.8, 4) is 5.69 Å². The van der Waals surface area contributed by atoms with Gasteiger partial charge >= 0.3 is 6.03 Å². The van der Waals surface area contributed by atoms with Gasteiger partial charge in [0.2, 0.25) is 0 Å². The molecule has 2 amide bonds. The number of hydrogen-bond acceptors (Lipinski definition) is 2. The maximum atomic E-state index is 11.9. The fourth-order valence-corrected chi connectivity index (χ4v) is 2.43. The van der Waals surface area contributed by atoms with Crippen molar-refractivity contribution < 1.29 is 4.79 Å². The molecule has 5 heteroatoms. The van der Waals surface area contributed by atoms with Gasteiger partial charge in [0.25, 0.3) is 0 Å². The van der Waals surface area contributed by atoms with Crippen LogP contribution in [0.5, 0.6) is 0 Å². The summed E-state index contributed by atoms with van der Waals surface area (Å²) in [6.07, 6.45) is 5.48. The van der Waals surface area contributed by atoms with E-state index in [9.17, 15) is 4.79 Å². The molecule has 0 aliphatic rings. The first-order valence-corrected chi connectivity index (χ1v) is 8.00. The molecule has 1 aromatic heterocycles. The molecule has 0 fully saturated rings. The van der Waals surface area contributed by atoms with Crippen molar-refractivity contribution in [3.05, 3.63) is 78.6 Å². The highest BCUT2D eigenvalue weighted by Gasteiger charge is 2.02. The minimum absolute atomic E-state index is 0.185. The van der Waals surface area contributed by atoms with Crippen molar-refractivity contribution in [2.24, 2.45) is 0 Å². The number of urea groups is 1. The van der Waals surface area contributed by atoms with Gasteiger partial charge in [-0.3, -0.25) is 0 Å². The topological polar surface area (TPSA) is 59.0 Å². The second kappa shape index (κ2) is 7.97. The van der Waals surface area contributed by atoms with Gasteiger partial charge in [0.1, 0.15) is 0 Å². The normalized spacial score (nSPS) is 10.3. The van der Waals surface area contributed by atoms with Gasteiger partial charge in [-0.2, -0.15) is 5.10 Å². The third kappa shape index (κ3) is 4.46. The van der Waals surface area contributed by atoms with Gasteiger partial charge in [-0.05, 0) is 48.7 Å². The summed E-state index contributed by atoms with van der Waals surface area (Å²) in [5.41, 5.74) is 2.99. The number of carbonyl (C=O) groups is 1. The quantitative estimate of drug-likeness (QED) is 0.681. The molecule has 2 N–H and O–H groups in total. The molecule has 3 rings (SSSR count). The van der Waals surface area contributed by atoms with Crippen LogP contribution in [0.15, 0.2) is 73.1 Å². The van der Waals surface area contributed by atoms with Crippen molar-refractivity contribution in [1.29, 1.82) is 0 Å². The lowest BCUT2D eigenvalue weighted by Gasteiger charge is -2.08. The fraction of sp³-hybridized carbons (Fsp3) is 0.158. The summed E-state index contributed by atoms with van der Waals surface area (Å²) in [5, 5.41) is 9.88. The number of benzene rings is 2. The monoisotopic (exact) mass is 320 g/mol. The van der Waals surface area contributed by atoms with Crippen molar-refractivity contribution in [1.82, 2.24) is 15.1 Å². The maximum absolute atomic E-state index is 11.9. The first-order chi connectivity index (χ1) is 11.8. The zero-order valence-electron chi connectivity index (χ0n) is 13.4. The van der Waals surface area contributed by atoms with Gasteiger partial charge in [-0.15, -0.1) is 0 Å². The van der Waals surface area contributed by atoms with Crippen molar-refractivity contribution in [2.45, 2.75) is 12.8 Å². The minimum atomic E-state index is -0.185. The lowest BCUT2D eigenvalue weighted by atomic mass is 10.1. The van der Waals surface area contributed by atoms with Gasteiger partial charge in [0, 0.05) is 24.6 Å². The summed E-state index contributed by atoms with van der Waals surface area (Å²) >= 11 is 0. The number of anilines is 1. The SMILES string of the molecule is O=C(NCCCc1ccccc1)Nc1ccc(-n2cccn2)cc1. The molecule has 3 aromatic rings. The van der Waals surface area contributed by atoms with E-state index in [1.165, 1.54) is 5.56 Å². The van der Waals surface area contributed by atoms with Crippen LogP contribution in [0.4, 0.5) is 10.5 Å². The van der Waals surface area contributed by atoms with Crippen LogP contribution >= 0.6 is 0 Å².